The minimum atomic E-state index is -0.616. The molecule has 0 saturated heterocycles. The fourth-order valence-electron chi connectivity index (χ4n) is 4.77. The molecule has 34 heavy (non-hydrogen) atoms. The second-order valence-corrected chi connectivity index (χ2v) is 8.66. The number of rotatable bonds is 5. The standard InChI is InChI=1S/C27H26N2O5/c1-16-13-24(30)26(32)27(34-16)21(17-7-9-18(33-2)10-8-17)14-25(31)29-12-11-20-19-5-3-4-6-22(19)28-23(20)15-29/h3-10,13,21,28,32H,11-12,14-15H2,1-2H3. The number of fused-ring (bicyclic) bond motifs is 3. The number of hydrogen-bond donors (Lipinski definition) is 2. The molecule has 7 heteroatoms. The van der Waals surface area contributed by atoms with Crippen molar-refractivity contribution in [1.29, 1.82) is 0 Å². The number of hydrogen-bond acceptors (Lipinski definition) is 5. The van der Waals surface area contributed by atoms with Gasteiger partial charge in [-0.3, -0.25) is 9.59 Å². The second-order valence-electron chi connectivity index (χ2n) is 8.66. The largest absolute Gasteiger partial charge is 0.502 e. The molecule has 0 saturated carbocycles. The molecule has 1 atom stereocenters. The van der Waals surface area contributed by atoms with E-state index in [4.69, 9.17) is 9.15 Å². The van der Waals surface area contributed by atoms with E-state index in [2.05, 4.69) is 11.1 Å². The Morgan fingerprint density at radius 1 is 1.21 bits per heavy atom. The third-order valence-corrected chi connectivity index (χ3v) is 6.52. The van der Waals surface area contributed by atoms with Crippen molar-refractivity contribution in [3.63, 3.8) is 0 Å². The van der Waals surface area contributed by atoms with Crippen molar-refractivity contribution in [2.45, 2.75) is 32.2 Å². The molecule has 1 aliphatic heterocycles. The van der Waals surface area contributed by atoms with E-state index < -0.39 is 17.1 Å². The summed E-state index contributed by atoms with van der Waals surface area (Å²) in [4.78, 5) is 31.0. The highest BCUT2D eigenvalue weighted by atomic mass is 16.5. The lowest BCUT2D eigenvalue weighted by atomic mass is 9.91. The first-order valence-electron chi connectivity index (χ1n) is 11.3. The third-order valence-electron chi connectivity index (χ3n) is 6.52. The van der Waals surface area contributed by atoms with Gasteiger partial charge in [-0.25, -0.2) is 0 Å². The number of aryl methyl sites for hydroxylation is 1. The molecular formula is C27H26N2O5. The van der Waals surface area contributed by atoms with Crippen molar-refractivity contribution < 1.29 is 19.1 Å². The fraction of sp³-hybridized carbons (Fsp3) is 0.259. The maximum Gasteiger partial charge on any atom is 0.227 e. The summed E-state index contributed by atoms with van der Waals surface area (Å²) in [5.41, 5.74) is 3.61. The maximum atomic E-state index is 13.5. The van der Waals surface area contributed by atoms with Crippen LogP contribution in [0.4, 0.5) is 0 Å². The highest BCUT2D eigenvalue weighted by molar-refractivity contribution is 5.86. The van der Waals surface area contributed by atoms with Crippen LogP contribution < -0.4 is 10.2 Å². The maximum absolute atomic E-state index is 13.5. The summed E-state index contributed by atoms with van der Waals surface area (Å²) >= 11 is 0. The van der Waals surface area contributed by atoms with Crippen molar-refractivity contribution in [1.82, 2.24) is 9.88 Å². The lowest BCUT2D eigenvalue weighted by Gasteiger charge is -2.29. The number of nitrogens with zero attached hydrogens (tertiary/aromatic N) is 1. The molecule has 4 aromatic rings. The molecule has 0 fully saturated rings. The highest BCUT2D eigenvalue weighted by Gasteiger charge is 2.30. The van der Waals surface area contributed by atoms with Gasteiger partial charge >= 0.3 is 0 Å². The molecule has 0 bridgehead atoms. The molecule has 5 rings (SSSR count). The van der Waals surface area contributed by atoms with E-state index in [9.17, 15) is 14.7 Å². The fourth-order valence-corrected chi connectivity index (χ4v) is 4.77. The number of methoxy groups -OCH3 is 1. The number of aromatic amines is 1. The average molecular weight is 459 g/mol. The summed E-state index contributed by atoms with van der Waals surface area (Å²) in [7, 11) is 1.58. The molecule has 2 N–H and O–H groups in total. The normalized spacial score (nSPS) is 14.1. The number of aromatic nitrogens is 1. The Balaban J connectivity index is 1.46. The number of aromatic hydroxyl groups is 1. The number of carbonyl (C=O) groups is 1. The van der Waals surface area contributed by atoms with E-state index in [1.807, 2.05) is 35.2 Å². The molecule has 7 nitrogen and oxygen atoms in total. The molecule has 1 amide bonds. The number of amides is 1. The first kappa shape index (κ1) is 21.8. The molecular weight excluding hydrogens is 432 g/mol. The summed E-state index contributed by atoms with van der Waals surface area (Å²) in [6.07, 6.45) is 0.824. The zero-order valence-corrected chi connectivity index (χ0v) is 19.1. The molecule has 0 aliphatic carbocycles. The van der Waals surface area contributed by atoms with E-state index in [0.717, 1.165) is 23.2 Å². The van der Waals surface area contributed by atoms with Gasteiger partial charge in [0.05, 0.1) is 19.6 Å². The van der Waals surface area contributed by atoms with Crippen LogP contribution in [-0.4, -0.2) is 34.6 Å². The molecule has 3 heterocycles. The number of ether oxygens (including phenoxy) is 1. The number of benzene rings is 2. The van der Waals surface area contributed by atoms with Crippen molar-refractivity contribution in [2.24, 2.45) is 0 Å². The van der Waals surface area contributed by atoms with E-state index >= 15 is 0 Å². The van der Waals surface area contributed by atoms with Crippen LogP contribution in [0.25, 0.3) is 10.9 Å². The molecule has 0 radical (unpaired) electrons. The number of carbonyl (C=O) groups excluding carboxylic acids is 1. The van der Waals surface area contributed by atoms with Crippen LogP contribution in [0.2, 0.25) is 0 Å². The van der Waals surface area contributed by atoms with Gasteiger partial charge in [-0.1, -0.05) is 30.3 Å². The van der Waals surface area contributed by atoms with E-state index in [1.165, 1.54) is 17.0 Å². The first-order valence-corrected chi connectivity index (χ1v) is 11.3. The predicted octanol–water partition coefficient (Wildman–Crippen LogP) is 4.25. The molecule has 1 unspecified atom stereocenters. The first-order chi connectivity index (χ1) is 16.4. The Hall–Kier alpha value is -4.00. The SMILES string of the molecule is COc1ccc(C(CC(=O)N2CCc3c([nH]c4ccccc34)C2)c2oc(C)cc(=O)c2O)cc1. The van der Waals surface area contributed by atoms with Gasteiger partial charge in [0.2, 0.25) is 17.1 Å². The zero-order chi connectivity index (χ0) is 23.8. The van der Waals surface area contributed by atoms with Crippen LogP contribution >= 0.6 is 0 Å². The quantitative estimate of drug-likeness (QED) is 0.466. The van der Waals surface area contributed by atoms with Gasteiger partial charge in [-0.2, -0.15) is 0 Å². The Labute approximate surface area is 196 Å². The van der Waals surface area contributed by atoms with Gasteiger partial charge < -0.3 is 24.1 Å². The van der Waals surface area contributed by atoms with Crippen LogP contribution in [0.15, 0.2) is 63.8 Å². The van der Waals surface area contributed by atoms with Gasteiger partial charge in [0.25, 0.3) is 0 Å². The van der Waals surface area contributed by atoms with Gasteiger partial charge in [0.1, 0.15) is 11.5 Å². The third kappa shape index (κ3) is 3.94. The minimum Gasteiger partial charge on any atom is -0.502 e. The van der Waals surface area contributed by atoms with Crippen LogP contribution in [0.1, 0.15) is 40.7 Å². The topological polar surface area (TPSA) is 95.8 Å². The second kappa shape index (κ2) is 8.74. The smallest absolute Gasteiger partial charge is 0.227 e. The summed E-state index contributed by atoms with van der Waals surface area (Å²) in [5.74, 6) is 0.00181. The summed E-state index contributed by atoms with van der Waals surface area (Å²) < 4.78 is 11.0. The Morgan fingerprint density at radius 2 is 1.97 bits per heavy atom. The van der Waals surface area contributed by atoms with Crippen LogP contribution in [-0.2, 0) is 17.8 Å². The average Bonchev–Trinajstić information content (AvgIpc) is 3.22. The minimum absolute atomic E-state index is 0.0574. The Morgan fingerprint density at radius 3 is 2.74 bits per heavy atom. The number of para-hydroxylation sites is 1. The highest BCUT2D eigenvalue weighted by Crippen LogP contribution is 2.35. The van der Waals surface area contributed by atoms with Crippen LogP contribution in [0.3, 0.4) is 0 Å². The molecule has 0 spiro atoms. The molecule has 2 aromatic heterocycles. The van der Waals surface area contributed by atoms with E-state index in [-0.39, 0.29) is 18.1 Å². The zero-order valence-electron chi connectivity index (χ0n) is 19.1. The van der Waals surface area contributed by atoms with E-state index in [1.54, 1.807) is 26.2 Å². The van der Waals surface area contributed by atoms with Gasteiger partial charge in [-0.05, 0) is 42.7 Å². The summed E-state index contributed by atoms with van der Waals surface area (Å²) in [6.45, 7) is 2.74. The van der Waals surface area contributed by atoms with Gasteiger partial charge in [0.15, 0.2) is 5.76 Å². The van der Waals surface area contributed by atoms with Crippen molar-refractivity contribution >= 4 is 16.8 Å². The lowest BCUT2D eigenvalue weighted by Crippen LogP contribution is -2.36. The van der Waals surface area contributed by atoms with Gasteiger partial charge in [-0.15, -0.1) is 0 Å². The molecule has 2 aromatic carbocycles. The number of nitrogens with one attached hydrogen (secondary N) is 1. The van der Waals surface area contributed by atoms with Crippen LogP contribution in [0.5, 0.6) is 11.5 Å². The molecule has 174 valence electrons. The van der Waals surface area contributed by atoms with Crippen molar-refractivity contribution in [3.8, 4) is 11.5 Å². The molecule has 1 aliphatic rings. The monoisotopic (exact) mass is 458 g/mol. The van der Waals surface area contributed by atoms with Crippen molar-refractivity contribution in [2.75, 3.05) is 13.7 Å². The Kier molecular flexibility index (Phi) is 5.61. The van der Waals surface area contributed by atoms with Gasteiger partial charge in [0, 0.05) is 35.6 Å². The Bertz CT molecular complexity index is 1420. The lowest BCUT2D eigenvalue weighted by molar-refractivity contribution is -0.132. The number of H-pyrrole nitrogens is 1. The van der Waals surface area contributed by atoms with Crippen molar-refractivity contribution in [3.05, 3.63) is 93.2 Å². The summed E-state index contributed by atoms with van der Waals surface area (Å²) in [5, 5.41) is 11.7. The summed E-state index contributed by atoms with van der Waals surface area (Å²) in [6, 6.07) is 16.6. The van der Waals surface area contributed by atoms with Crippen LogP contribution in [0, 0.1) is 6.92 Å². The predicted molar refractivity (Wildman–Crippen MR) is 128 cm³/mol. The van der Waals surface area contributed by atoms with E-state index in [0.29, 0.717) is 24.6 Å².